The molecule has 0 radical (unpaired) electrons. The summed E-state index contributed by atoms with van der Waals surface area (Å²) < 4.78 is 10.5. The summed E-state index contributed by atoms with van der Waals surface area (Å²) in [6, 6.07) is 7.27. The third-order valence-corrected chi connectivity index (χ3v) is 2.51. The second-order valence-electron chi connectivity index (χ2n) is 3.98. The number of hydrogen-bond donors (Lipinski definition) is 0. The summed E-state index contributed by atoms with van der Waals surface area (Å²) in [6.45, 7) is 1.70. The van der Waals surface area contributed by atoms with E-state index in [1.807, 2.05) is 6.07 Å². The van der Waals surface area contributed by atoms with Gasteiger partial charge in [-0.25, -0.2) is 4.98 Å². The van der Waals surface area contributed by atoms with Gasteiger partial charge in [0.15, 0.2) is 11.5 Å². The molecule has 1 aromatic heterocycles. The van der Waals surface area contributed by atoms with E-state index in [0.29, 0.717) is 5.69 Å². The first kappa shape index (κ1) is 14.2. The van der Waals surface area contributed by atoms with Crippen LogP contribution < -0.4 is 9.47 Å². The normalized spacial score (nSPS) is 9.76. The van der Waals surface area contributed by atoms with Crippen molar-refractivity contribution in [2.24, 2.45) is 0 Å². The van der Waals surface area contributed by atoms with Crippen LogP contribution in [0.15, 0.2) is 24.3 Å². The zero-order chi connectivity index (χ0) is 15.4. The second-order valence-corrected chi connectivity index (χ2v) is 3.98. The van der Waals surface area contributed by atoms with Crippen molar-refractivity contribution >= 4 is 5.69 Å². The molecule has 0 spiro atoms. The fourth-order valence-electron chi connectivity index (χ4n) is 1.60. The summed E-state index contributed by atoms with van der Waals surface area (Å²) >= 11 is 0. The maximum Gasteiger partial charge on any atom is 0.323 e. The fraction of sp³-hybridized carbons (Fsp3) is 0.154. The molecule has 0 aliphatic heterocycles. The van der Waals surface area contributed by atoms with Crippen molar-refractivity contribution in [2.75, 3.05) is 7.11 Å². The van der Waals surface area contributed by atoms with Crippen LogP contribution in [0.1, 0.15) is 11.4 Å². The molecule has 2 rings (SSSR count). The lowest BCUT2D eigenvalue weighted by molar-refractivity contribution is -0.384. The summed E-state index contributed by atoms with van der Waals surface area (Å²) in [5.74, 6) is 0.394. The van der Waals surface area contributed by atoms with E-state index in [1.165, 1.54) is 31.4 Å². The van der Waals surface area contributed by atoms with Crippen LogP contribution in [0.2, 0.25) is 0 Å². The molecule has 1 aromatic carbocycles. The first-order chi connectivity index (χ1) is 10.0. The predicted molar refractivity (Wildman–Crippen MR) is 71.2 cm³/mol. The van der Waals surface area contributed by atoms with Crippen molar-refractivity contribution in [3.05, 3.63) is 45.8 Å². The minimum absolute atomic E-state index is 0.0290. The summed E-state index contributed by atoms with van der Waals surface area (Å²) in [5, 5.41) is 19.6. The van der Waals surface area contributed by atoms with Crippen LogP contribution in [-0.2, 0) is 0 Å². The molecule has 2 aromatic rings. The van der Waals surface area contributed by atoms with E-state index in [-0.39, 0.29) is 28.9 Å². The number of ether oxygens (including phenoxy) is 2. The molecule has 0 atom stereocenters. The molecular formula is C13H10N4O4. The van der Waals surface area contributed by atoms with Crippen molar-refractivity contribution in [1.29, 1.82) is 5.26 Å². The lowest BCUT2D eigenvalue weighted by atomic mass is 10.3. The number of hydrogen-bond acceptors (Lipinski definition) is 7. The summed E-state index contributed by atoms with van der Waals surface area (Å²) in [5.41, 5.74) is 0.609. The van der Waals surface area contributed by atoms with Crippen molar-refractivity contribution in [1.82, 2.24) is 9.97 Å². The maximum atomic E-state index is 10.7. The van der Waals surface area contributed by atoms with E-state index < -0.39 is 4.92 Å². The third-order valence-electron chi connectivity index (χ3n) is 2.51. The number of non-ortho nitro benzene ring substituents is 1. The van der Waals surface area contributed by atoms with E-state index in [9.17, 15) is 10.1 Å². The Balaban J connectivity index is 2.37. The number of benzene rings is 1. The van der Waals surface area contributed by atoms with Crippen molar-refractivity contribution in [3.8, 4) is 23.6 Å². The van der Waals surface area contributed by atoms with Gasteiger partial charge in [0.1, 0.15) is 11.8 Å². The summed E-state index contributed by atoms with van der Waals surface area (Å²) in [6.07, 6.45) is 0. The van der Waals surface area contributed by atoms with Gasteiger partial charge in [0.2, 0.25) is 0 Å². The predicted octanol–water partition coefficient (Wildman–Crippen LogP) is 2.37. The van der Waals surface area contributed by atoms with E-state index in [1.54, 1.807) is 6.92 Å². The van der Waals surface area contributed by atoms with Crippen molar-refractivity contribution < 1.29 is 14.4 Å². The molecule has 0 fully saturated rings. The average molecular weight is 286 g/mol. The van der Waals surface area contributed by atoms with Gasteiger partial charge in [0.25, 0.3) is 5.69 Å². The van der Waals surface area contributed by atoms with Crippen LogP contribution in [0.25, 0.3) is 0 Å². The van der Waals surface area contributed by atoms with Gasteiger partial charge in [-0.1, -0.05) is 0 Å². The highest BCUT2D eigenvalue weighted by molar-refractivity contribution is 5.49. The monoisotopic (exact) mass is 286 g/mol. The Hall–Kier alpha value is -3.21. The minimum Gasteiger partial charge on any atom is -0.493 e. The Morgan fingerprint density at radius 3 is 2.67 bits per heavy atom. The van der Waals surface area contributed by atoms with E-state index in [0.717, 1.165) is 0 Å². The zero-order valence-electron chi connectivity index (χ0n) is 11.2. The highest BCUT2D eigenvalue weighted by atomic mass is 16.6. The number of rotatable bonds is 4. The van der Waals surface area contributed by atoms with Crippen LogP contribution in [0.3, 0.4) is 0 Å². The highest BCUT2D eigenvalue weighted by Gasteiger charge is 2.14. The van der Waals surface area contributed by atoms with Gasteiger partial charge < -0.3 is 9.47 Å². The van der Waals surface area contributed by atoms with Gasteiger partial charge in [0, 0.05) is 11.8 Å². The van der Waals surface area contributed by atoms with Gasteiger partial charge in [0.05, 0.1) is 18.1 Å². The van der Waals surface area contributed by atoms with E-state index >= 15 is 0 Å². The molecule has 21 heavy (non-hydrogen) atoms. The van der Waals surface area contributed by atoms with Gasteiger partial charge in [-0.15, -0.1) is 0 Å². The second kappa shape index (κ2) is 5.83. The summed E-state index contributed by atoms with van der Waals surface area (Å²) in [7, 11) is 1.36. The molecule has 0 aliphatic rings. The first-order valence-corrected chi connectivity index (χ1v) is 5.79. The van der Waals surface area contributed by atoms with Crippen LogP contribution in [0.5, 0.6) is 17.5 Å². The number of aryl methyl sites for hydroxylation is 1. The Morgan fingerprint density at radius 2 is 2.05 bits per heavy atom. The minimum atomic E-state index is -0.538. The zero-order valence-corrected chi connectivity index (χ0v) is 11.2. The van der Waals surface area contributed by atoms with Crippen molar-refractivity contribution in [3.63, 3.8) is 0 Å². The summed E-state index contributed by atoms with van der Waals surface area (Å²) in [4.78, 5) is 18.1. The molecular weight excluding hydrogens is 276 g/mol. The smallest absolute Gasteiger partial charge is 0.323 e. The molecule has 1 heterocycles. The Bertz CT molecular complexity index is 739. The van der Waals surface area contributed by atoms with Gasteiger partial charge in [-0.2, -0.15) is 10.2 Å². The topological polar surface area (TPSA) is 111 Å². The highest BCUT2D eigenvalue weighted by Crippen LogP contribution is 2.33. The molecule has 8 heteroatoms. The largest absolute Gasteiger partial charge is 0.493 e. The molecule has 0 amide bonds. The number of methoxy groups -OCH3 is 1. The lowest BCUT2D eigenvalue weighted by Crippen LogP contribution is -1.98. The Labute approximate surface area is 119 Å². The number of nitriles is 1. The SMILES string of the molecule is COc1cc([N+](=O)[O-])ccc1Oc1nc(C)cc(C#N)n1. The van der Waals surface area contributed by atoms with Crippen molar-refractivity contribution in [2.45, 2.75) is 6.92 Å². The average Bonchev–Trinajstić information content (AvgIpc) is 2.46. The van der Waals surface area contributed by atoms with Gasteiger partial charge >= 0.3 is 6.01 Å². The molecule has 8 nitrogen and oxygen atoms in total. The lowest BCUT2D eigenvalue weighted by Gasteiger charge is -2.09. The van der Waals surface area contributed by atoms with Gasteiger partial charge in [-0.05, 0) is 19.1 Å². The standard InChI is InChI=1S/C13H10N4O4/c1-8-5-9(7-14)16-13(15-8)21-11-4-3-10(17(18)19)6-12(11)20-2/h3-6H,1-2H3. The van der Waals surface area contributed by atoms with E-state index in [2.05, 4.69) is 9.97 Å². The van der Waals surface area contributed by atoms with Gasteiger partial charge in [-0.3, -0.25) is 10.1 Å². The number of nitro benzene ring substituents is 1. The molecule has 0 saturated carbocycles. The van der Waals surface area contributed by atoms with E-state index in [4.69, 9.17) is 14.7 Å². The Morgan fingerprint density at radius 1 is 1.29 bits per heavy atom. The quantitative estimate of drug-likeness (QED) is 0.626. The first-order valence-electron chi connectivity index (χ1n) is 5.79. The molecule has 0 unspecified atom stereocenters. The Kier molecular flexibility index (Phi) is 3.95. The fourth-order valence-corrected chi connectivity index (χ4v) is 1.60. The number of nitro groups is 1. The maximum absolute atomic E-state index is 10.7. The molecule has 0 aliphatic carbocycles. The third kappa shape index (κ3) is 3.22. The van der Waals surface area contributed by atoms with Crippen LogP contribution in [0, 0.1) is 28.4 Å². The molecule has 0 saturated heterocycles. The van der Waals surface area contributed by atoms with Crippen LogP contribution in [-0.4, -0.2) is 22.0 Å². The van der Waals surface area contributed by atoms with Crippen LogP contribution >= 0.6 is 0 Å². The number of aromatic nitrogens is 2. The molecule has 0 N–H and O–H groups in total. The number of nitrogens with zero attached hydrogens (tertiary/aromatic N) is 4. The van der Waals surface area contributed by atoms with Crippen LogP contribution in [0.4, 0.5) is 5.69 Å². The molecule has 106 valence electrons. The molecule has 0 bridgehead atoms.